The first kappa shape index (κ1) is 26.6. The summed E-state index contributed by atoms with van der Waals surface area (Å²) in [6.45, 7) is 2.57. The van der Waals surface area contributed by atoms with Gasteiger partial charge in [0.1, 0.15) is 23.8 Å². The first-order chi connectivity index (χ1) is 18.6. The van der Waals surface area contributed by atoms with Crippen LogP contribution in [-0.2, 0) is 6.54 Å². The van der Waals surface area contributed by atoms with Gasteiger partial charge in [-0.05, 0) is 37.5 Å². The van der Waals surface area contributed by atoms with Crippen LogP contribution in [-0.4, -0.2) is 62.5 Å². The molecule has 39 heavy (non-hydrogen) atoms. The predicted molar refractivity (Wildman–Crippen MR) is 142 cm³/mol. The number of nitrogens with zero attached hydrogens (tertiary/aromatic N) is 6. The van der Waals surface area contributed by atoms with Gasteiger partial charge in [0, 0.05) is 24.7 Å². The van der Waals surface area contributed by atoms with Crippen LogP contribution in [0.4, 0.5) is 24.7 Å². The van der Waals surface area contributed by atoms with Gasteiger partial charge < -0.3 is 31.4 Å². The zero-order valence-corrected chi connectivity index (χ0v) is 21.6. The molecule has 1 aromatic carbocycles. The molecule has 0 bridgehead atoms. The van der Waals surface area contributed by atoms with Crippen molar-refractivity contribution in [3.8, 4) is 17.0 Å². The number of pyridine rings is 1. The predicted octanol–water partition coefficient (Wildman–Crippen LogP) is 2.79. The lowest BCUT2D eigenvalue weighted by atomic mass is 9.81. The molecule has 4 aromatic rings. The van der Waals surface area contributed by atoms with Crippen molar-refractivity contribution < 1.29 is 17.9 Å². The third kappa shape index (κ3) is 4.94. The highest BCUT2D eigenvalue weighted by Gasteiger charge is 2.40. The summed E-state index contributed by atoms with van der Waals surface area (Å²) in [5, 5.41) is 0. The third-order valence-corrected chi connectivity index (χ3v) is 7.31. The van der Waals surface area contributed by atoms with Crippen molar-refractivity contribution in [3.05, 3.63) is 54.2 Å². The molecule has 1 saturated heterocycles. The molecule has 0 radical (unpaired) electrons. The number of ether oxygens (including phenoxy) is 1. The number of hydrogen-bond donors (Lipinski definition) is 3. The Balaban J connectivity index is 1.60. The van der Waals surface area contributed by atoms with E-state index in [0.29, 0.717) is 48.3 Å². The van der Waals surface area contributed by atoms with Gasteiger partial charge >= 0.3 is 0 Å². The quantitative estimate of drug-likeness (QED) is 0.321. The van der Waals surface area contributed by atoms with Crippen molar-refractivity contribution in [2.45, 2.75) is 44.1 Å². The average molecular weight is 542 g/mol. The summed E-state index contributed by atoms with van der Waals surface area (Å²) in [6.07, 6.45) is 4.48. The standard InChI is InChI=1S/C26H30F3N9O/c1-14(27)23(30)26(32)4-3-5-37(11-26)20-9-33-19(16-7-18(29)21(39-2)8-17(16)28)6-15(20)10-38-13-36-22-24(31)34-12-35-25(22)38/h6-9,12-14,23H,3-5,10-11,30,32H2,1-2H3,(H2,31,34,35)/t14?,23-,26-/m1/s1. The molecule has 10 nitrogen and oxygen atoms in total. The number of piperidine rings is 1. The van der Waals surface area contributed by atoms with E-state index in [-0.39, 0.29) is 29.4 Å². The van der Waals surface area contributed by atoms with E-state index in [2.05, 4.69) is 19.9 Å². The molecule has 0 spiro atoms. The molecule has 206 valence electrons. The van der Waals surface area contributed by atoms with Crippen LogP contribution in [0.25, 0.3) is 22.4 Å². The van der Waals surface area contributed by atoms with Gasteiger partial charge in [-0.1, -0.05) is 0 Å². The highest BCUT2D eigenvalue weighted by molar-refractivity contribution is 5.81. The van der Waals surface area contributed by atoms with E-state index >= 15 is 0 Å². The van der Waals surface area contributed by atoms with Crippen LogP contribution in [0.1, 0.15) is 25.3 Å². The average Bonchev–Trinajstić information content (AvgIpc) is 3.33. The maximum Gasteiger partial charge on any atom is 0.165 e. The van der Waals surface area contributed by atoms with Crippen molar-refractivity contribution in [1.82, 2.24) is 24.5 Å². The number of fused-ring (bicyclic) bond motifs is 1. The van der Waals surface area contributed by atoms with Gasteiger partial charge in [0.05, 0.1) is 49.1 Å². The van der Waals surface area contributed by atoms with Crippen LogP contribution >= 0.6 is 0 Å². The molecule has 5 rings (SSSR count). The Hall–Kier alpha value is -3.97. The number of benzene rings is 1. The number of imidazole rings is 1. The number of rotatable bonds is 7. The molecular weight excluding hydrogens is 511 g/mol. The summed E-state index contributed by atoms with van der Waals surface area (Å²) < 4.78 is 50.3. The molecule has 0 aliphatic carbocycles. The van der Waals surface area contributed by atoms with Crippen molar-refractivity contribution in [3.63, 3.8) is 0 Å². The van der Waals surface area contributed by atoms with Crippen LogP contribution in [0, 0.1) is 11.6 Å². The molecule has 6 N–H and O–H groups in total. The van der Waals surface area contributed by atoms with Crippen molar-refractivity contribution in [2.75, 3.05) is 30.8 Å². The maximum atomic E-state index is 15.0. The molecule has 3 aromatic heterocycles. The van der Waals surface area contributed by atoms with Crippen molar-refractivity contribution in [1.29, 1.82) is 0 Å². The first-order valence-electron chi connectivity index (χ1n) is 12.5. The largest absolute Gasteiger partial charge is 0.494 e. The van der Waals surface area contributed by atoms with Gasteiger partial charge in [-0.15, -0.1) is 0 Å². The van der Waals surface area contributed by atoms with Gasteiger partial charge in [0.15, 0.2) is 23.0 Å². The third-order valence-electron chi connectivity index (χ3n) is 7.31. The Kier molecular flexibility index (Phi) is 7.03. The molecule has 1 fully saturated rings. The number of alkyl halides is 1. The van der Waals surface area contributed by atoms with Crippen LogP contribution in [0.2, 0.25) is 0 Å². The van der Waals surface area contributed by atoms with E-state index in [1.54, 1.807) is 23.2 Å². The maximum absolute atomic E-state index is 15.0. The number of halogens is 3. The molecule has 1 unspecified atom stereocenters. The molecule has 1 aliphatic rings. The van der Waals surface area contributed by atoms with E-state index in [9.17, 15) is 13.2 Å². The van der Waals surface area contributed by atoms with E-state index in [1.807, 2.05) is 4.90 Å². The number of hydrogen-bond acceptors (Lipinski definition) is 9. The van der Waals surface area contributed by atoms with Crippen LogP contribution in [0.3, 0.4) is 0 Å². The zero-order chi connectivity index (χ0) is 27.9. The Morgan fingerprint density at radius 3 is 2.67 bits per heavy atom. The van der Waals surface area contributed by atoms with Gasteiger partial charge in [-0.3, -0.25) is 4.98 Å². The Bertz CT molecular complexity index is 1510. The van der Waals surface area contributed by atoms with Crippen molar-refractivity contribution >= 4 is 22.7 Å². The normalized spacial score (nSPS) is 19.3. The van der Waals surface area contributed by atoms with Gasteiger partial charge in [0.25, 0.3) is 0 Å². The first-order valence-corrected chi connectivity index (χ1v) is 12.5. The minimum absolute atomic E-state index is 0.0248. The highest BCUT2D eigenvalue weighted by atomic mass is 19.1. The second-order valence-corrected chi connectivity index (χ2v) is 9.93. The molecule has 0 saturated carbocycles. The Labute approximate surface area is 223 Å². The molecule has 4 heterocycles. The number of anilines is 2. The molecule has 13 heteroatoms. The molecular formula is C26H30F3N9O. The van der Waals surface area contributed by atoms with Crippen molar-refractivity contribution in [2.24, 2.45) is 11.5 Å². The van der Waals surface area contributed by atoms with Gasteiger partial charge in [-0.25, -0.2) is 28.1 Å². The summed E-state index contributed by atoms with van der Waals surface area (Å²) >= 11 is 0. The Morgan fingerprint density at radius 2 is 1.92 bits per heavy atom. The number of nitrogen functional groups attached to an aromatic ring is 1. The lowest BCUT2D eigenvalue weighted by molar-refractivity contribution is 0.193. The summed E-state index contributed by atoms with van der Waals surface area (Å²) in [6, 6.07) is 2.86. The Morgan fingerprint density at radius 1 is 1.13 bits per heavy atom. The minimum Gasteiger partial charge on any atom is -0.494 e. The number of methoxy groups -OCH3 is 1. The van der Waals surface area contributed by atoms with E-state index in [1.165, 1.54) is 20.4 Å². The number of nitrogens with two attached hydrogens (primary N) is 3. The lowest BCUT2D eigenvalue weighted by Gasteiger charge is -2.45. The molecule has 0 amide bonds. The fraction of sp³-hybridized carbons (Fsp3) is 0.385. The fourth-order valence-electron chi connectivity index (χ4n) is 5.18. The van der Waals surface area contributed by atoms with Gasteiger partial charge in [0.2, 0.25) is 0 Å². The summed E-state index contributed by atoms with van der Waals surface area (Å²) in [5.74, 6) is -1.37. The SMILES string of the molecule is COc1cc(F)c(-c2cc(Cn3cnc4c(N)ncnc43)c(N3CCC[C@](N)([C@H](N)C(C)F)C3)cn2)cc1F. The van der Waals surface area contributed by atoms with E-state index < -0.39 is 29.4 Å². The second-order valence-electron chi connectivity index (χ2n) is 9.93. The summed E-state index contributed by atoms with van der Waals surface area (Å²) in [7, 11) is 1.26. The zero-order valence-electron chi connectivity index (χ0n) is 21.6. The lowest BCUT2D eigenvalue weighted by Crippen LogP contribution is -2.66. The number of aromatic nitrogens is 5. The summed E-state index contributed by atoms with van der Waals surface area (Å²) in [4.78, 5) is 19.1. The molecule has 3 atom stereocenters. The monoisotopic (exact) mass is 541 g/mol. The van der Waals surface area contributed by atoms with E-state index in [0.717, 1.165) is 12.1 Å². The van der Waals surface area contributed by atoms with Crippen LogP contribution in [0.5, 0.6) is 5.75 Å². The minimum atomic E-state index is -1.29. The smallest absolute Gasteiger partial charge is 0.165 e. The summed E-state index contributed by atoms with van der Waals surface area (Å²) in [5.41, 5.74) is 20.3. The van der Waals surface area contributed by atoms with Gasteiger partial charge in [-0.2, -0.15) is 0 Å². The van der Waals surface area contributed by atoms with Crippen LogP contribution < -0.4 is 26.8 Å². The van der Waals surface area contributed by atoms with Crippen LogP contribution in [0.15, 0.2) is 37.1 Å². The topological polar surface area (TPSA) is 147 Å². The highest BCUT2D eigenvalue weighted by Crippen LogP contribution is 2.34. The fourth-order valence-corrected chi connectivity index (χ4v) is 5.18. The second kappa shape index (κ2) is 10.3. The molecule has 1 aliphatic heterocycles. The van der Waals surface area contributed by atoms with E-state index in [4.69, 9.17) is 21.9 Å².